The summed E-state index contributed by atoms with van der Waals surface area (Å²) in [6.45, 7) is 1.85. The molecule has 88 valence electrons. The van der Waals surface area contributed by atoms with Gasteiger partial charge in [-0.25, -0.2) is 0 Å². The van der Waals surface area contributed by atoms with Crippen LogP contribution in [-0.4, -0.2) is 15.3 Å². The number of phenolic OH excluding ortho intramolecular Hbond substituents is 3. The van der Waals surface area contributed by atoms with E-state index in [1.54, 1.807) is 30.3 Å². The van der Waals surface area contributed by atoms with Crippen LogP contribution in [0.1, 0.15) is 12.5 Å². The summed E-state index contributed by atoms with van der Waals surface area (Å²) in [4.78, 5) is 0. The van der Waals surface area contributed by atoms with Gasteiger partial charge in [0.2, 0.25) is 0 Å². The monoisotopic (exact) mass is 230 g/mol. The van der Waals surface area contributed by atoms with Crippen LogP contribution in [0, 0.1) is 0 Å². The minimum absolute atomic E-state index is 0.0222. The van der Waals surface area contributed by atoms with E-state index in [9.17, 15) is 15.3 Å². The first-order valence-corrected chi connectivity index (χ1v) is 5.47. The molecule has 3 nitrogen and oxygen atoms in total. The number of hydrogen-bond donors (Lipinski definition) is 3. The second-order valence-electron chi connectivity index (χ2n) is 3.83. The van der Waals surface area contributed by atoms with Crippen molar-refractivity contribution in [3.05, 3.63) is 42.0 Å². The first-order valence-electron chi connectivity index (χ1n) is 5.47. The summed E-state index contributed by atoms with van der Waals surface area (Å²) in [6.07, 6.45) is 0.527. The van der Waals surface area contributed by atoms with E-state index in [4.69, 9.17) is 0 Å². The number of phenols is 3. The molecule has 0 aromatic heterocycles. The van der Waals surface area contributed by atoms with Gasteiger partial charge in [0.25, 0.3) is 0 Å². The molecule has 0 bridgehead atoms. The molecule has 0 amide bonds. The lowest BCUT2D eigenvalue weighted by Gasteiger charge is -2.11. The van der Waals surface area contributed by atoms with Gasteiger partial charge < -0.3 is 15.3 Å². The third kappa shape index (κ3) is 1.91. The highest BCUT2D eigenvalue weighted by atomic mass is 16.3. The summed E-state index contributed by atoms with van der Waals surface area (Å²) in [7, 11) is 0. The van der Waals surface area contributed by atoms with Crippen LogP contribution in [0.15, 0.2) is 36.4 Å². The van der Waals surface area contributed by atoms with Crippen LogP contribution >= 0.6 is 0 Å². The fourth-order valence-electron chi connectivity index (χ4n) is 1.89. The van der Waals surface area contributed by atoms with Gasteiger partial charge >= 0.3 is 0 Å². The van der Waals surface area contributed by atoms with Crippen LogP contribution in [0.25, 0.3) is 11.1 Å². The summed E-state index contributed by atoms with van der Waals surface area (Å²) in [5, 5.41) is 29.4. The molecule has 2 rings (SSSR count). The normalized spacial score (nSPS) is 10.4. The third-order valence-corrected chi connectivity index (χ3v) is 2.81. The lowest BCUT2D eigenvalue weighted by Crippen LogP contribution is -1.87. The fourth-order valence-corrected chi connectivity index (χ4v) is 1.89. The van der Waals surface area contributed by atoms with Gasteiger partial charge in [-0.1, -0.05) is 25.1 Å². The van der Waals surface area contributed by atoms with Crippen LogP contribution in [0.2, 0.25) is 0 Å². The van der Waals surface area contributed by atoms with Crippen LogP contribution in [-0.2, 0) is 6.42 Å². The summed E-state index contributed by atoms with van der Waals surface area (Å²) in [5.74, 6) is 0.203. The Morgan fingerprint density at radius 1 is 0.824 bits per heavy atom. The minimum atomic E-state index is 0.0222. The number of hydrogen-bond acceptors (Lipinski definition) is 3. The topological polar surface area (TPSA) is 60.7 Å². The summed E-state index contributed by atoms with van der Waals surface area (Å²) < 4.78 is 0. The molecule has 3 N–H and O–H groups in total. The molecule has 0 saturated carbocycles. The van der Waals surface area contributed by atoms with Crippen LogP contribution < -0.4 is 0 Å². The zero-order chi connectivity index (χ0) is 12.4. The van der Waals surface area contributed by atoms with Gasteiger partial charge in [-0.3, -0.25) is 0 Å². The summed E-state index contributed by atoms with van der Waals surface area (Å²) in [6, 6.07) is 9.91. The van der Waals surface area contributed by atoms with Gasteiger partial charge in [0.05, 0.1) is 0 Å². The molecule has 17 heavy (non-hydrogen) atoms. The zero-order valence-corrected chi connectivity index (χ0v) is 9.51. The van der Waals surface area contributed by atoms with E-state index in [2.05, 4.69) is 0 Å². The van der Waals surface area contributed by atoms with Gasteiger partial charge in [0.1, 0.15) is 17.2 Å². The predicted molar refractivity (Wildman–Crippen MR) is 66.3 cm³/mol. The Labute approximate surface area is 99.6 Å². The number of para-hydroxylation sites is 1. The molecule has 0 fully saturated rings. The number of aromatic hydroxyl groups is 3. The average molecular weight is 230 g/mol. The first kappa shape index (κ1) is 11.3. The molecule has 0 aliphatic carbocycles. The molecule has 0 atom stereocenters. The molecule has 0 aliphatic rings. The van der Waals surface area contributed by atoms with Crippen molar-refractivity contribution in [2.45, 2.75) is 13.3 Å². The highest BCUT2D eigenvalue weighted by Gasteiger charge is 2.14. The van der Waals surface area contributed by atoms with Crippen LogP contribution in [0.4, 0.5) is 0 Å². The molecule has 3 heteroatoms. The lowest BCUT2D eigenvalue weighted by atomic mass is 9.99. The van der Waals surface area contributed by atoms with E-state index in [0.717, 1.165) is 0 Å². The van der Waals surface area contributed by atoms with E-state index < -0.39 is 0 Å². The van der Waals surface area contributed by atoms with Crippen molar-refractivity contribution < 1.29 is 15.3 Å². The molecule has 0 heterocycles. The largest absolute Gasteiger partial charge is 0.508 e. The Morgan fingerprint density at radius 3 is 2.18 bits per heavy atom. The van der Waals surface area contributed by atoms with E-state index in [0.29, 0.717) is 23.1 Å². The van der Waals surface area contributed by atoms with Crippen molar-refractivity contribution in [2.24, 2.45) is 0 Å². The lowest BCUT2D eigenvalue weighted by molar-refractivity contribution is 0.439. The Hall–Kier alpha value is -2.16. The molecule has 0 saturated heterocycles. The van der Waals surface area contributed by atoms with Gasteiger partial charge in [0.15, 0.2) is 0 Å². The second kappa shape index (κ2) is 4.37. The Bertz CT molecular complexity index is 547. The predicted octanol–water partition coefficient (Wildman–Crippen LogP) is 3.03. The van der Waals surface area contributed by atoms with Gasteiger partial charge in [-0.15, -0.1) is 0 Å². The van der Waals surface area contributed by atoms with Crippen molar-refractivity contribution in [3.8, 4) is 28.4 Å². The van der Waals surface area contributed by atoms with Crippen molar-refractivity contribution in [3.63, 3.8) is 0 Å². The smallest absolute Gasteiger partial charge is 0.130 e. The fraction of sp³-hybridized carbons (Fsp3) is 0.143. The van der Waals surface area contributed by atoms with E-state index in [-0.39, 0.29) is 17.2 Å². The number of rotatable bonds is 2. The molecule has 2 aromatic carbocycles. The molecule has 0 radical (unpaired) electrons. The van der Waals surface area contributed by atoms with Gasteiger partial charge in [0, 0.05) is 16.7 Å². The Morgan fingerprint density at radius 2 is 1.53 bits per heavy atom. The van der Waals surface area contributed by atoms with Crippen molar-refractivity contribution in [2.75, 3.05) is 0 Å². The maximum absolute atomic E-state index is 10.1. The van der Waals surface area contributed by atoms with Gasteiger partial charge in [-0.05, 0) is 24.6 Å². The van der Waals surface area contributed by atoms with Crippen molar-refractivity contribution in [1.29, 1.82) is 0 Å². The first-order chi connectivity index (χ1) is 8.15. The van der Waals surface area contributed by atoms with Crippen molar-refractivity contribution >= 4 is 0 Å². The third-order valence-electron chi connectivity index (χ3n) is 2.81. The zero-order valence-electron chi connectivity index (χ0n) is 9.51. The van der Waals surface area contributed by atoms with E-state index >= 15 is 0 Å². The van der Waals surface area contributed by atoms with Crippen LogP contribution in [0.5, 0.6) is 17.2 Å². The highest BCUT2D eigenvalue weighted by Crippen LogP contribution is 2.40. The molecule has 0 spiro atoms. The standard InChI is InChI=1S/C14H14O3/c1-2-9-13(16)8-7-11(14(9)17)10-5-3-4-6-12(10)15/h3-8,15-17H,2H2,1H3. The van der Waals surface area contributed by atoms with Gasteiger partial charge in [-0.2, -0.15) is 0 Å². The quantitative estimate of drug-likeness (QED) is 0.743. The average Bonchev–Trinajstić information content (AvgIpc) is 2.31. The minimum Gasteiger partial charge on any atom is -0.508 e. The maximum atomic E-state index is 10.1. The highest BCUT2D eigenvalue weighted by molar-refractivity contribution is 5.77. The molecule has 0 unspecified atom stereocenters. The molecule has 2 aromatic rings. The Balaban J connectivity index is 2.65. The molecular weight excluding hydrogens is 216 g/mol. The number of benzene rings is 2. The maximum Gasteiger partial charge on any atom is 0.130 e. The van der Waals surface area contributed by atoms with Crippen LogP contribution in [0.3, 0.4) is 0 Å². The molecule has 0 aliphatic heterocycles. The van der Waals surface area contributed by atoms with E-state index in [1.165, 1.54) is 6.07 Å². The van der Waals surface area contributed by atoms with Crippen molar-refractivity contribution in [1.82, 2.24) is 0 Å². The summed E-state index contributed by atoms with van der Waals surface area (Å²) in [5.41, 5.74) is 1.57. The molecular formula is C14H14O3. The Kier molecular flexibility index (Phi) is 2.91. The SMILES string of the molecule is CCc1c(O)ccc(-c2ccccc2O)c1O. The van der Waals surface area contributed by atoms with E-state index in [1.807, 2.05) is 6.92 Å². The summed E-state index contributed by atoms with van der Waals surface area (Å²) >= 11 is 0. The second-order valence-corrected chi connectivity index (χ2v) is 3.83.